The molecule has 1 aliphatic rings. The molecule has 19 heavy (non-hydrogen) atoms. The number of aromatic nitrogens is 3. The molecule has 0 saturated carbocycles. The summed E-state index contributed by atoms with van der Waals surface area (Å²) in [6.07, 6.45) is 1.71. The summed E-state index contributed by atoms with van der Waals surface area (Å²) in [5.74, 6) is 2.89. The van der Waals surface area contributed by atoms with Gasteiger partial charge in [-0.15, -0.1) is 10.2 Å². The molecule has 0 radical (unpaired) electrons. The van der Waals surface area contributed by atoms with Crippen molar-refractivity contribution in [1.29, 1.82) is 0 Å². The van der Waals surface area contributed by atoms with Crippen molar-refractivity contribution in [3.05, 3.63) is 35.8 Å². The standard InChI is InChI=1S/C13H18N4O2/c1-10-13-15-14-12(9-18-2)17(13)6-5-16(10)8-11-4-3-7-19-11/h3-4,7,10H,5-6,8-9H2,1-2H3. The van der Waals surface area contributed by atoms with Crippen LogP contribution in [0.15, 0.2) is 22.8 Å². The number of rotatable bonds is 4. The highest BCUT2D eigenvalue weighted by Gasteiger charge is 2.28. The second-order valence-corrected chi connectivity index (χ2v) is 4.78. The third-order valence-corrected chi connectivity index (χ3v) is 3.60. The van der Waals surface area contributed by atoms with Gasteiger partial charge in [0.25, 0.3) is 0 Å². The van der Waals surface area contributed by atoms with E-state index < -0.39 is 0 Å². The molecular weight excluding hydrogens is 244 g/mol. The van der Waals surface area contributed by atoms with E-state index >= 15 is 0 Å². The monoisotopic (exact) mass is 262 g/mol. The highest BCUT2D eigenvalue weighted by atomic mass is 16.5. The Morgan fingerprint density at radius 3 is 3.05 bits per heavy atom. The van der Waals surface area contributed by atoms with Crippen molar-refractivity contribution in [3.8, 4) is 0 Å². The van der Waals surface area contributed by atoms with Gasteiger partial charge in [0.2, 0.25) is 0 Å². The summed E-state index contributed by atoms with van der Waals surface area (Å²) >= 11 is 0. The van der Waals surface area contributed by atoms with E-state index in [2.05, 4.69) is 26.6 Å². The van der Waals surface area contributed by atoms with Crippen LogP contribution >= 0.6 is 0 Å². The molecule has 0 fully saturated rings. The predicted molar refractivity (Wildman–Crippen MR) is 68.3 cm³/mol. The number of methoxy groups -OCH3 is 1. The van der Waals surface area contributed by atoms with Gasteiger partial charge in [0.05, 0.1) is 18.8 Å². The van der Waals surface area contributed by atoms with Gasteiger partial charge in [-0.25, -0.2) is 0 Å². The molecule has 0 aromatic carbocycles. The quantitative estimate of drug-likeness (QED) is 0.837. The van der Waals surface area contributed by atoms with Crippen LogP contribution in [0.3, 0.4) is 0 Å². The zero-order valence-electron chi connectivity index (χ0n) is 11.2. The van der Waals surface area contributed by atoms with E-state index in [9.17, 15) is 0 Å². The van der Waals surface area contributed by atoms with Crippen molar-refractivity contribution in [2.45, 2.75) is 32.7 Å². The van der Waals surface area contributed by atoms with Gasteiger partial charge in [-0.2, -0.15) is 0 Å². The second-order valence-electron chi connectivity index (χ2n) is 4.78. The maximum absolute atomic E-state index is 5.41. The van der Waals surface area contributed by atoms with E-state index in [0.717, 1.165) is 37.0 Å². The molecule has 1 aliphatic heterocycles. The van der Waals surface area contributed by atoms with Gasteiger partial charge in [0, 0.05) is 20.2 Å². The lowest BCUT2D eigenvalue weighted by atomic mass is 10.2. The summed E-state index contributed by atoms with van der Waals surface area (Å²) in [4.78, 5) is 2.35. The van der Waals surface area contributed by atoms with Crippen molar-refractivity contribution in [1.82, 2.24) is 19.7 Å². The van der Waals surface area contributed by atoms with E-state index in [1.807, 2.05) is 12.1 Å². The smallest absolute Gasteiger partial charge is 0.159 e. The molecule has 0 amide bonds. The van der Waals surface area contributed by atoms with Crippen molar-refractivity contribution in [2.75, 3.05) is 13.7 Å². The molecule has 102 valence electrons. The lowest BCUT2D eigenvalue weighted by molar-refractivity contribution is 0.135. The fourth-order valence-corrected chi connectivity index (χ4v) is 2.54. The number of furan rings is 1. The van der Waals surface area contributed by atoms with Crippen molar-refractivity contribution in [3.63, 3.8) is 0 Å². The maximum Gasteiger partial charge on any atom is 0.159 e. The van der Waals surface area contributed by atoms with Crippen molar-refractivity contribution >= 4 is 0 Å². The summed E-state index contributed by atoms with van der Waals surface area (Å²) in [5, 5.41) is 8.50. The number of hydrogen-bond acceptors (Lipinski definition) is 5. The minimum absolute atomic E-state index is 0.233. The Labute approximate surface area is 112 Å². The molecule has 1 unspecified atom stereocenters. The van der Waals surface area contributed by atoms with Gasteiger partial charge < -0.3 is 13.7 Å². The number of nitrogens with zero attached hydrogens (tertiary/aromatic N) is 4. The van der Waals surface area contributed by atoms with E-state index in [4.69, 9.17) is 9.15 Å². The highest BCUT2D eigenvalue weighted by Crippen LogP contribution is 2.26. The molecular formula is C13H18N4O2. The summed E-state index contributed by atoms with van der Waals surface area (Å²) in [5.41, 5.74) is 0. The van der Waals surface area contributed by atoms with Gasteiger partial charge in [-0.05, 0) is 19.1 Å². The first-order valence-corrected chi connectivity index (χ1v) is 6.47. The first-order chi connectivity index (χ1) is 9.29. The molecule has 0 aliphatic carbocycles. The first-order valence-electron chi connectivity index (χ1n) is 6.47. The predicted octanol–water partition coefficient (Wildman–Crippen LogP) is 1.59. The largest absolute Gasteiger partial charge is 0.468 e. The minimum Gasteiger partial charge on any atom is -0.468 e. The van der Waals surface area contributed by atoms with Crippen LogP contribution in [-0.4, -0.2) is 33.3 Å². The van der Waals surface area contributed by atoms with Crippen LogP contribution < -0.4 is 0 Å². The highest BCUT2D eigenvalue weighted by molar-refractivity contribution is 5.05. The normalized spacial score (nSPS) is 19.6. The van der Waals surface area contributed by atoms with E-state index in [1.165, 1.54) is 0 Å². The zero-order valence-corrected chi connectivity index (χ0v) is 11.2. The zero-order chi connectivity index (χ0) is 13.2. The van der Waals surface area contributed by atoms with E-state index in [0.29, 0.717) is 6.61 Å². The first kappa shape index (κ1) is 12.4. The topological polar surface area (TPSA) is 56.3 Å². The molecule has 0 N–H and O–H groups in total. The molecule has 3 heterocycles. The lowest BCUT2D eigenvalue weighted by Crippen LogP contribution is -2.37. The SMILES string of the molecule is COCc1nnc2n1CCN(Cc1ccco1)C2C. The minimum atomic E-state index is 0.233. The molecule has 2 aromatic rings. The molecule has 6 heteroatoms. The Balaban J connectivity index is 1.78. The van der Waals surface area contributed by atoms with Crippen LogP contribution in [0.5, 0.6) is 0 Å². The molecule has 0 spiro atoms. The molecule has 3 rings (SSSR count). The average molecular weight is 262 g/mol. The maximum atomic E-state index is 5.41. The number of fused-ring (bicyclic) bond motifs is 1. The average Bonchev–Trinajstić information content (AvgIpc) is 3.04. The van der Waals surface area contributed by atoms with Gasteiger partial charge in [-0.3, -0.25) is 4.90 Å². The van der Waals surface area contributed by atoms with E-state index in [1.54, 1.807) is 13.4 Å². The molecule has 6 nitrogen and oxygen atoms in total. The van der Waals surface area contributed by atoms with Gasteiger partial charge in [-0.1, -0.05) is 0 Å². The Kier molecular flexibility index (Phi) is 3.35. The third kappa shape index (κ3) is 2.29. The van der Waals surface area contributed by atoms with Crippen LogP contribution in [-0.2, 0) is 24.4 Å². The van der Waals surface area contributed by atoms with Crippen molar-refractivity contribution in [2.24, 2.45) is 0 Å². The third-order valence-electron chi connectivity index (χ3n) is 3.60. The summed E-state index contributed by atoms with van der Waals surface area (Å²) < 4.78 is 12.7. The fourth-order valence-electron chi connectivity index (χ4n) is 2.54. The van der Waals surface area contributed by atoms with Crippen LogP contribution in [0.25, 0.3) is 0 Å². The van der Waals surface area contributed by atoms with E-state index in [-0.39, 0.29) is 6.04 Å². The van der Waals surface area contributed by atoms with Crippen LogP contribution in [0, 0.1) is 0 Å². The number of ether oxygens (including phenoxy) is 1. The van der Waals surface area contributed by atoms with Gasteiger partial charge in [0.1, 0.15) is 18.2 Å². The lowest BCUT2D eigenvalue weighted by Gasteiger charge is -2.32. The molecule has 1 atom stereocenters. The van der Waals surface area contributed by atoms with Crippen LogP contribution in [0.4, 0.5) is 0 Å². The molecule has 0 saturated heterocycles. The summed E-state index contributed by atoms with van der Waals surface area (Å²) in [6, 6.07) is 4.16. The Hall–Kier alpha value is -1.66. The Bertz CT molecular complexity index is 535. The molecule has 2 aromatic heterocycles. The Morgan fingerprint density at radius 2 is 2.32 bits per heavy atom. The number of hydrogen-bond donors (Lipinski definition) is 0. The van der Waals surface area contributed by atoms with Gasteiger partial charge in [0.15, 0.2) is 5.82 Å². The Morgan fingerprint density at radius 1 is 1.42 bits per heavy atom. The van der Waals surface area contributed by atoms with Crippen molar-refractivity contribution < 1.29 is 9.15 Å². The van der Waals surface area contributed by atoms with Gasteiger partial charge >= 0.3 is 0 Å². The fraction of sp³-hybridized carbons (Fsp3) is 0.538. The summed E-state index contributed by atoms with van der Waals surface area (Å²) in [7, 11) is 1.68. The molecule has 0 bridgehead atoms. The second kappa shape index (κ2) is 5.14. The van der Waals surface area contributed by atoms with Crippen LogP contribution in [0.1, 0.15) is 30.4 Å². The van der Waals surface area contributed by atoms with Crippen LogP contribution in [0.2, 0.25) is 0 Å². The summed E-state index contributed by atoms with van der Waals surface area (Å²) in [6.45, 7) is 5.33.